The highest BCUT2D eigenvalue weighted by Crippen LogP contribution is 2.39. The van der Waals surface area contributed by atoms with Crippen LogP contribution in [0, 0.1) is 5.92 Å². The first-order chi connectivity index (χ1) is 25.2. The third kappa shape index (κ3) is 10.3. The molecule has 2 fully saturated rings. The molecule has 3 aromatic rings. The lowest BCUT2D eigenvalue weighted by Crippen LogP contribution is -2.58. The normalized spacial score (nSPS) is 22.3. The molecule has 2 heterocycles. The van der Waals surface area contributed by atoms with Crippen molar-refractivity contribution in [3.63, 3.8) is 0 Å². The zero-order chi connectivity index (χ0) is 38.3. The lowest BCUT2D eigenvalue weighted by molar-refractivity contribution is -0.144. The maximum Gasteiger partial charge on any atom is 0.416 e. The lowest BCUT2D eigenvalue weighted by atomic mass is 9.86. The van der Waals surface area contributed by atoms with E-state index >= 15 is 0 Å². The number of carbonyl (C=O) groups excluding carboxylic acids is 1. The minimum absolute atomic E-state index is 0.0249. The molecule has 1 aliphatic heterocycles. The number of aliphatic hydroxyl groups is 1. The highest BCUT2D eigenvalue weighted by molar-refractivity contribution is 5.70. The molecule has 1 aliphatic carbocycles. The van der Waals surface area contributed by atoms with E-state index in [-0.39, 0.29) is 49.4 Å². The van der Waals surface area contributed by atoms with Gasteiger partial charge in [0.15, 0.2) is 5.75 Å². The number of aliphatic hydroxyl groups excluding tert-OH is 1. The summed E-state index contributed by atoms with van der Waals surface area (Å²) < 4.78 is 94.6. The van der Waals surface area contributed by atoms with Crippen LogP contribution in [-0.2, 0) is 34.8 Å². The van der Waals surface area contributed by atoms with Gasteiger partial charge in [0.25, 0.3) is 0 Å². The molecule has 1 amide bonds. The molecule has 2 N–H and O–H groups in total. The van der Waals surface area contributed by atoms with Crippen molar-refractivity contribution in [2.24, 2.45) is 5.92 Å². The van der Waals surface area contributed by atoms with Crippen LogP contribution in [0.15, 0.2) is 60.9 Å². The van der Waals surface area contributed by atoms with E-state index in [0.29, 0.717) is 50.7 Å². The standard InChI is InChI=1S/C37H42F6N4O6/c1-2-28-18-29(19-30(16-23-6-4-3-5-7-23)47(28)35(51)53-31-10-8-25(9-11-31)33(49)50)46(34-44-20-32(21-45-34)52-13-12-48)22-24-14-26(36(38,39)40)17-27(15-24)37(41,42)43/h3-7,14-15,17,20-21,25,28-31,48H,2,8-13,16,18-19,22H2,1H3,(H,49,50)/t25-,28-,29?,30+,31-/m1/s1. The summed E-state index contributed by atoms with van der Waals surface area (Å²) in [5.41, 5.74) is -2.25. The summed E-state index contributed by atoms with van der Waals surface area (Å²) in [6.07, 6.45) is -5.61. The summed E-state index contributed by atoms with van der Waals surface area (Å²) >= 11 is 0. The molecule has 5 rings (SSSR count). The first-order valence-electron chi connectivity index (χ1n) is 17.5. The highest BCUT2D eigenvalue weighted by Gasteiger charge is 2.43. The van der Waals surface area contributed by atoms with Crippen molar-refractivity contribution in [3.8, 4) is 5.75 Å². The van der Waals surface area contributed by atoms with Gasteiger partial charge in [0, 0.05) is 24.7 Å². The number of anilines is 1. The summed E-state index contributed by atoms with van der Waals surface area (Å²) in [5, 5.41) is 18.5. The number of hydrogen-bond donors (Lipinski definition) is 2. The van der Waals surface area contributed by atoms with Crippen LogP contribution in [0.4, 0.5) is 37.1 Å². The molecule has 288 valence electrons. The van der Waals surface area contributed by atoms with Crippen LogP contribution >= 0.6 is 0 Å². The number of rotatable bonds is 12. The number of piperidine rings is 1. The molecule has 1 saturated carbocycles. The Morgan fingerprint density at radius 1 is 0.887 bits per heavy atom. The Hall–Kier alpha value is -4.60. The minimum atomic E-state index is -5.05. The van der Waals surface area contributed by atoms with Crippen LogP contribution in [0.5, 0.6) is 5.75 Å². The molecule has 1 saturated heterocycles. The van der Waals surface area contributed by atoms with Crippen molar-refractivity contribution in [2.45, 2.75) is 101 Å². The third-order valence-corrected chi connectivity index (χ3v) is 9.83. The van der Waals surface area contributed by atoms with Crippen LogP contribution in [0.1, 0.15) is 74.1 Å². The molecular formula is C37H42F6N4O6. The molecule has 2 aromatic carbocycles. The van der Waals surface area contributed by atoms with E-state index in [1.807, 2.05) is 37.3 Å². The topological polar surface area (TPSA) is 125 Å². The second kappa shape index (κ2) is 17.0. The van der Waals surface area contributed by atoms with Crippen LogP contribution in [0.2, 0.25) is 0 Å². The van der Waals surface area contributed by atoms with E-state index in [1.165, 1.54) is 12.4 Å². The fourth-order valence-electron chi connectivity index (χ4n) is 7.23. The largest absolute Gasteiger partial charge is 0.488 e. The van der Waals surface area contributed by atoms with Gasteiger partial charge in [0.1, 0.15) is 12.7 Å². The number of nitrogens with zero attached hydrogens (tertiary/aromatic N) is 4. The second-order valence-electron chi connectivity index (χ2n) is 13.5. The first-order valence-corrected chi connectivity index (χ1v) is 17.5. The van der Waals surface area contributed by atoms with Crippen molar-refractivity contribution in [1.29, 1.82) is 0 Å². The molecule has 16 heteroatoms. The van der Waals surface area contributed by atoms with E-state index in [1.54, 1.807) is 9.80 Å². The number of alkyl halides is 6. The number of halogens is 6. The second-order valence-corrected chi connectivity index (χ2v) is 13.5. The predicted octanol–water partition coefficient (Wildman–Crippen LogP) is 7.53. The Kier molecular flexibility index (Phi) is 12.7. The fraction of sp³-hybridized carbons (Fsp3) is 0.514. The SMILES string of the molecule is CC[C@@H]1CC(N(Cc2cc(C(F)(F)F)cc(C(F)(F)F)c2)c2ncc(OCCO)cn2)C[C@H](Cc2ccccc2)N1C(=O)O[C@H]1CC[C@H](C(=O)O)CC1. The van der Waals surface area contributed by atoms with Gasteiger partial charge in [-0.3, -0.25) is 4.79 Å². The average Bonchev–Trinajstić information content (AvgIpc) is 3.12. The minimum Gasteiger partial charge on any atom is -0.488 e. The molecule has 3 atom stereocenters. The quantitative estimate of drug-likeness (QED) is 0.181. The molecule has 0 radical (unpaired) electrons. The molecule has 0 bridgehead atoms. The fourth-order valence-corrected chi connectivity index (χ4v) is 7.23. The monoisotopic (exact) mass is 752 g/mol. The Balaban J connectivity index is 1.51. The maximum absolute atomic E-state index is 14.0. The number of ether oxygens (including phenoxy) is 2. The number of carbonyl (C=O) groups is 2. The first kappa shape index (κ1) is 39.6. The van der Waals surface area contributed by atoms with Crippen molar-refractivity contribution in [3.05, 3.63) is 83.2 Å². The van der Waals surface area contributed by atoms with Gasteiger partial charge in [-0.05, 0) is 80.7 Å². The summed E-state index contributed by atoms with van der Waals surface area (Å²) in [6.45, 7) is 1.13. The van der Waals surface area contributed by atoms with Crippen LogP contribution in [0.25, 0.3) is 0 Å². The Morgan fingerprint density at radius 3 is 2.04 bits per heavy atom. The van der Waals surface area contributed by atoms with Gasteiger partial charge in [0.2, 0.25) is 5.95 Å². The van der Waals surface area contributed by atoms with Gasteiger partial charge in [0.05, 0.1) is 36.0 Å². The van der Waals surface area contributed by atoms with Gasteiger partial charge in [-0.25, -0.2) is 14.8 Å². The summed E-state index contributed by atoms with van der Waals surface area (Å²) in [6, 6.07) is 9.28. The van der Waals surface area contributed by atoms with Gasteiger partial charge >= 0.3 is 24.4 Å². The number of carboxylic acid groups (broad SMARTS) is 1. The number of benzene rings is 2. The summed E-state index contributed by atoms with van der Waals surface area (Å²) in [7, 11) is 0. The van der Waals surface area contributed by atoms with Crippen molar-refractivity contribution in [1.82, 2.24) is 14.9 Å². The van der Waals surface area contributed by atoms with E-state index in [0.717, 1.165) is 5.56 Å². The number of hydrogen-bond acceptors (Lipinski definition) is 8. The van der Waals surface area contributed by atoms with E-state index in [2.05, 4.69) is 9.97 Å². The number of aliphatic carboxylic acids is 1. The van der Waals surface area contributed by atoms with Gasteiger partial charge in [-0.15, -0.1) is 0 Å². The average molecular weight is 753 g/mol. The Morgan fingerprint density at radius 2 is 1.49 bits per heavy atom. The number of carboxylic acids is 1. The van der Waals surface area contributed by atoms with Crippen molar-refractivity contribution in [2.75, 3.05) is 18.1 Å². The van der Waals surface area contributed by atoms with E-state index < -0.39 is 72.2 Å². The van der Waals surface area contributed by atoms with Crippen molar-refractivity contribution >= 4 is 18.0 Å². The van der Waals surface area contributed by atoms with Gasteiger partial charge in [-0.1, -0.05) is 37.3 Å². The number of aromatic nitrogens is 2. The Bertz CT molecular complexity index is 1640. The van der Waals surface area contributed by atoms with E-state index in [9.17, 15) is 41.0 Å². The molecule has 2 aliphatic rings. The lowest BCUT2D eigenvalue weighted by Gasteiger charge is -2.48. The van der Waals surface area contributed by atoms with Crippen molar-refractivity contribution < 1.29 is 55.6 Å². The van der Waals surface area contributed by atoms with Gasteiger partial charge < -0.3 is 29.5 Å². The zero-order valence-corrected chi connectivity index (χ0v) is 29.0. The maximum atomic E-state index is 14.0. The third-order valence-electron chi connectivity index (χ3n) is 9.83. The zero-order valence-electron chi connectivity index (χ0n) is 29.0. The number of amides is 1. The van der Waals surface area contributed by atoms with Crippen LogP contribution < -0.4 is 9.64 Å². The van der Waals surface area contributed by atoms with E-state index in [4.69, 9.17) is 14.6 Å². The number of likely N-dealkylation sites (tertiary alicyclic amines) is 1. The predicted molar refractivity (Wildman–Crippen MR) is 180 cm³/mol. The van der Waals surface area contributed by atoms with Gasteiger partial charge in [-0.2, -0.15) is 26.3 Å². The smallest absolute Gasteiger partial charge is 0.416 e. The Labute approximate surface area is 302 Å². The molecule has 53 heavy (non-hydrogen) atoms. The summed E-state index contributed by atoms with van der Waals surface area (Å²) in [5.74, 6) is -1.16. The molecule has 10 nitrogen and oxygen atoms in total. The molecule has 1 unspecified atom stereocenters. The summed E-state index contributed by atoms with van der Waals surface area (Å²) in [4.78, 5) is 37.4. The van der Waals surface area contributed by atoms with Crippen LogP contribution in [0.3, 0.4) is 0 Å². The van der Waals surface area contributed by atoms with Crippen LogP contribution in [-0.4, -0.2) is 74.6 Å². The molecule has 0 spiro atoms. The molecular weight excluding hydrogens is 710 g/mol. The molecule has 1 aromatic heterocycles. The highest BCUT2D eigenvalue weighted by atomic mass is 19.4.